The van der Waals surface area contributed by atoms with E-state index >= 15 is 0 Å². The maximum atomic E-state index is 6.54. The average Bonchev–Trinajstić information content (AvgIpc) is 2.30. The molecule has 0 aromatic carbocycles. The molecule has 0 amide bonds. The van der Waals surface area contributed by atoms with E-state index in [0.717, 1.165) is 11.8 Å². The Morgan fingerprint density at radius 3 is 2.23 bits per heavy atom. The van der Waals surface area contributed by atoms with E-state index in [0.29, 0.717) is 5.12 Å². The van der Waals surface area contributed by atoms with Crippen molar-refractivity contribution in [2.75, 3.05) is 18.5 Å². The van der Waals surface area contributed by atoms with Gasteiger partial charge in [-0.05, 0) is 0 Å². The molecule has 1 spiro atoms. The number of halogens is 1. The van der Waals surface area contributed by atoms with Gasteiger partial charge in [0.25, 0.3) is 0 Å². The zero-order valence-electron chi connectivity index (χ0n) is 8.85. The molecule has 0 nitrogen and oxygen atoms in total. The van der Waals surface area contributed by atoms with E-state index < -0.39 is 7.26 Å². The third-order valence-electron chi connectivity index (χ3n) is 4.11. The van der Waals surface area contributed by atoms with Crippen LogP contribution in [0.2, 0.25) is 0 Å². The van der Waals surface area contributed by atoms with E-state index in [2.05, 4.69) is 13.8 Å². The molecule has 2 heteroatoms. The summed E-state index contributed by atoms with van der Waals surface area (Å²) in [5.41, 5.74) is 0. The number of rotatable bonds is 0. The van der Waals surface area contributed by atoms with Gasteiger partial charge < -0.3 is 0 Å². The van der Waals surface area contributed by atoms with Crippen LogP contribution in [0.15, 0.2) is 0 Å². The average molecular weight is 221 g/mol. The summed E-state index contributed by atoms with van der Waals surface area (Å²) < 4.78 is 0. The zero-order chi connectivity index (χ0) is 9.47. The van der Waals surface area contributed by atoms with Crippen molar-refractivity contribution in [3.05, 3.63) is 0 Å². The molecule has 2 rings (SSSR count). The molecule has 2 aliphatic heterocycles. The number of alkyl halides is 1. The molecular weight excluding hydrogens is 199 g/mol. The number of hydrogen-bond acceptors (Lipinski definition) is 0. The molecule has 0 N–H and O–H groups in total. The Balaban J connectivity index is 2.12. The molecule has 0 aromatic heterocycles. The molecule has 0 radical (unpaired) electrons. The fourth-order valence-electron chi connectivity index (χ4n) is 3.88. The minimum atomic E-state index is -0.984. The van der Waals surface area contributed by atoms with Gasteiger partial charge in [-0.25, -0.2) is 0 Å². The minimum absolute atomic E-state index is 0.623. The van der Waals surface area contributed by atoms with Crippen LogP contribution >= 0.6 is 18.9 Å². The van der Waals surface area contributed by atoms with E-state index in [1.54, 1.807) is 0 Å². The van der Waals surface area contributed by atoms with Crippen LogP contribution in [0.25, 0.3) is 0 Å². The fraction of sp³-hybridized carbons (Fsp3) is 1.00. The van der Waals surface area contributed by atoms with Crippen molar-refractivity contribution in [1.29, 1.82) is 0 Å². The van der Waals surface area contributed by atoms with Crippen LogP contribution in [-0.4, -0.2) is 23.6 Å². The van der Waals surface area contributed by atoms with E-state index in [9.17, 15) is 0 Å². The maximum absolute atomic E-state index is 6.54. The van der Waals surface area contributed by atoms with Gasteiger partial charge in [0.15, 0.2) is 0 Å². The summed E-state index contributed by atoms with van der Waals surface area (Å²) in [5, 5.41) is 0.623. The Labute approximate surface area is 87.8 Å². The normalized spacial score (nSPS) is 46.5. The topological polar surface area (TPSA) is 0 Å². The second-order valence-electron chi connectivity index (χ2n) is 5.58. The van der Waals surface area contributed by atoms with Gasteiger partial charge in [-0.3, -0.25) is 0 Å². The first-order valence-corrected chi connectivity index (χ1v) is 8.90. The third kappa shape index (κ3) is 1.90. The first-order valence-electron chi connectivity index (χ1n) is 5.76. The summed E-state index contributed by atoms with van der Waals surface area (Å²) in [6.07, 6.45) is 8.82. The van der Waals surface area contributed by atoms with Crippen LogP contribution in [0.5, 0.6) is 0 Å². The molecule has 0 saturated carbocycles. The second-order valence-corrected chi connectivity index (χ2v) is 11.2. The van der Waals surface area contributed by atoms with Gasteiger partial charge in [-0.15, -0.1) is 0 Å². The van der Waals surface area contributed by atoms with Gasteiger partial charge >= 0.3 is 87.4 Å². The summed E-state index contributed by atoms with van der Waals surface area (Å²) in [4.78, 5) is 0. The van der Waals surface area contributed by atoms with Gasteiger partial charge in [0, 0.05) is 0 Å². The van der Waals surface area contributed by atoms with E-state index in [-0.39, 0.29) is 0 Å². The molecule has 0 bridgehead atoms. The monoisotopic (exact) mass is 220 g/mol. The van der Waals surface area contributed by atoms with Crippen LogP contribution < -0.4 is 0 Å². The molecule has 2 aliphatic rings. The first kappa shape index (κ1) is 10.2. The standard InChI is InChI=1S/C11H22ClP/c1-9-6-10(2)8-13(7-9)5-3-4-11(13)12/h9-11,13H,3-8H2,1-2H3. The van der Waals surface area contributed by atoms with Crippen LogP contribution in [0.4, 0.5) is 0 Å². The summed E-state index contributed by atoms with van der Waals surface area (Å²) in [7, 11) is -0.984. The molecule has 3 unspecified atom stereocenters. The van der Waals surface area contributed by atoms with Crippen molar-refractivity contribution in [3.63, 3.8) is 0 Å². The summed E-state index contributed by atoms with van der Waals surface area (Å²) in [6, 6.07) is 0. The van der Waals surface area contributed by atoms with Crippen molar-refractivity contribution < 1.29 is 0 Å². The predicted octanol–water partition coefficient (Wildman–Crippen LogP) is 3.77. The molecule has 13 heavy (non-hydrogen) atoms. The summed E-state index contributed by atoms with van der Waals surface area (Å²) in [6.45, 7) is 4.87. The first-order chi connectivity index (χ1) is 6.12. The van der Waals surface area contributed by atoms with Crippen LogP contribution in [0.1, 0.15) is 33.1 Å². The van der Waals surface area contributed by atoms with E-state index in [4.69, 9.17) is 11.6 Å². The van der Waals surface area contributed by atoms with Gasteiger partial charge in [-0.2, -0.15) is 0 Å². The van der Waals surface area contributed by atoms with Gasteiger partial charge in [0.2, 0.25) is 0 Å². The molecule has 78 valence electrons. The molecule has 2 heterocycles. The Hall–Kier alpha value is 0.720. The van der Waals surface area contributed by atoms with Gasteiger partial charge in [-0.1, -0.05) is 0 Å². The molecule has 2 saturated heterocycles. The summed E-state index contributed by atoms with van der Waals surface area (Å²) >= 11 is 6.54. The molecule has 2 fully saturated rings. The SMILES string of the molecule is CC1CC(C)C[PH]2(CCCC2Cl)C1. The number of hydrogen-bond donors (Lipinski definition) is 0. The Morgan fingerprint density at radius 2 is 1.77 bits per heavy atom. The van der Waals surface area contributed by atoms with Gasteiger partial charge in [0.05, 0.1) is 0 Å². The Kier molecular flexibility index (Phi) is 2.92. The predicted molar refractivity (Wildman–Crippen MR) is 64.7 cm³/mol. The molecule has 0 aliphatic carbocycles. The molecular formula is C11H22ClP. The van der Waals surface area contributed by atoms with E-state index in [1.807, 2.05) is 0 Å². The van der Waals surface area contributed by atoms with Crippen molar-refractivity contribution in [2.45, 2.75) is 38.2 Å². The Morgan fingerprint density at radius 1 is 1.15 bits per heavy atom. The van der Waals surface area contributed by atoms with Crippen molar-refractivity contribution in [3.8, 4) is 0 Å². The van der Waals surface area contributed by atoms with Crippen LogP contribution in [0.3, 0.4) is 0 Å². The van der Waals surface area contributed by atoms with Crippen molar-refractivity contribution >= 4 is 18.9 Å². The quantitative estimate of drug-likeness (QED) is 0.431. The zero-order valence-corrected chi connectivity index (χ0v) is 10.6. The summed E-state index contributed by atoms with van der Waals surface area (Å²) in [5.74, 6) is 1.93. The Bertz CT molecular complexity index is 183. The van der Waals surface area contributed by atoms with Gasteiger partial charge in [0.1, 0.15) is 0 Å². The second kappa shape index (κ2) is 3.70. The van der Waals surface area contributed by atoms with E-state index in [1.165, 1.54) is 37.7 Å². The fourth-order valence-corrected chi connectivity index (χ4v) is 11.1. The van der Waals surface area contributed by atoms with Crippen LogP contribution in [0, 0.1) is 11.8 Å². The third-order valence-corrected chi connectivity index (χ3v) is 11.7. The molecule has 0 aromatic rings. The van der Waals surface area contributed by atoms with Crippen molar-refractivity contribution in [1.82, 2.24) is 0 Å². The van der Waals surface area contributed by atoms with Crippen LogP contribution in [-0.2, 0) is 0 Å². The van der Waals surface area contributed by atoms with Crippen molar-refractivity contribution in [2.24, 2.45) is 11.8 Å². The molecule has 3 atom stereocenters.